The predicted octanol–water partition coefficient (Wildman–Crippen LogP) is 2.05. The van der Waals surface area contributed by atoms with Crippen LogP contribution in [0.2, 0.25) is 0 Å². The lowest BCUT2D eigenvalue weighted by Crippen LogP contribution is -2.30. The molecular weight excluding hydrogens is 305 g/mol. The minimum Gasteiger partial charge on any atom is -0.353 e. The summed E-state index contributed by atoms with van der Waals surface area (Å²) in [4.78, 5) is 27.4. The van der Waals surface area contributed by atoms with Crippen molar-refractivity contribution in [2.24, 2.45) is 11.8 Å². The molecule has 1 aromatic heterocycles. The van der Waals surface area contributed by atoms with Crippen molar-refractivity contribution in [1.29, 1.82) is 0 Å². The molecule has 0 aromatic carbocycles. The molecular formula is C14H20N3O4P. The SMILES string of the molecule is CCC(=O)Nc1ccn([C@@H]2O[C@H](CP=O)[C@@H](C)[C@@H]2C)c(=O)n1. The lowest BCUT2D eigenvalue weighted by atomic mass is 9.93. The van der Waals surface area contributed by atoms with Crippen molar-refractivity contribution in [3.8, 4) is 0 Å². The summed E-state index contributed by atoms with van der Waals surface area (Å²) < 4.78 is 18.1. The molecule has 1 aliphatic heterocycles. The molecule has 0 spiro atoms. The van der Waals surface area contributed by atoms with Gasteiger partial charge in [-0.3, -0.25) is 13.9 Å². The van der Waals surface area contributed by atoms with E-state index in [1.807, 2.05) is 13.8 Å². The second kappa shape index (κ2) is 7.11. The Bertz CT molecular complexity index is 618. The van der Waals surface area contributed by atoms with Gasteiger partial charge in [0.15, 0.2) is 8.46 Å². The average molecular weight is 325 g/mol. The van der Waals surface area contributed by atoms with Crippen molar-refractivity contribution >= 4 is 20.2 Å². The molecule has 22 heavy (non-hydrogen) atoms. The van der Waals surface area contributed by atoms with Crippen LogP contribution in [0, 0.1) is 11.8 Å². The van der Waals surface area contributed by atoms with Gasteiger partial charge in [-0.25, -0.2) is 4.79 Å². The van der Waals surface area contributed by atoms with Crippen molar-refractivity contribution in [2.75, 3.05) is 11.5 Å². The second-order valence-electron chi connectivity index (χ2n) is 5.50. The van der Waals surface area contributed by atoms with Crippen molar-refractivity contribution < 1.29 is 14.1 Å². The summed E-state index contributed by atoms with van der Waals surface area (Å²) in [5.74, 6) is 0.333. The van der Waals surface area contributed by atoms with Gasteiger partial charge in [-0.1, -0.05) is 20.8 Å². The number of aromatic nitrogens is 2. The van der Waals surface area contributed by atoms with Gasteiger partial charge in [-0.05, 0) is 12.0 Å². The number of anilines is 1. The molecule has 1 saturated heterocycles. The highest BCUT2D eigenvalue weighted by atomic mass is 31.1. The van der Waals surface area contributed by atoms with Crippen molar-refractivity contribution in [2.45, 2.75) is 39.5 Å². The quantitative estimate of drug-likeness (QED) is 0.837. The maximum Gasteiger partial charge on any atom is 0.351 e. The monoisotopic (exact) mass is 325 g/mol. The Morgan fingerprint density at radius 1 is 1.45 bits per heavy atom. The number of nitrogens with one attached hydrogen (secondary N) is 1. The summed E-state index contributed by atoms with van der Waals surface area (Å²) in [6.07, 6.45) is 1.73. The predicted molar refractivity (Wildman–Crippen MR) is 82.1 cm³/mol. The van der Waals surface area contributed by atoms with E-state index in [1.165, 1.54) is 4.57 Å². The van der Waals surface area contributed by atoms with Gasteiger partial charge in [-0.2, -0.15) is 4.98 Å². The zero-order valence-corrected chi connectivity index (χ0v) is 13.7. The van der Waals surface area contributed by atoms with Crippen LogP contribution in [0.4, 0.5) is 5.82 Å². The van der Waals surface area contributed by atoms with E-state index in [0.717, 1.165) is 0 Å². The molecule has 2 rings (SSSR count). The summed E-state index contributed by atoms with van der Waals surface area (Å²) in [5.41, 5.74) is -0.474. The molecule has 0 unspecified atom stereocenters. The Kier molecular flexibility index (Phi) is 5.42. The lowest BCUT2D eigenvalue weighted by Gasteiger charge is -2.18. The number of amides is 1. The van der Waals surface area contributed by atoms with Gasteiger partial charge < -0.3 is 10.1 Å². The Morgan fingerprint density at radius 3 is 2.77 bits per heavy atom. The molecule has 1 aromatic rings. The topological polar surface area (TPSA) is 90.3 Å². The Labute approximate surface area is 130 Å². The molecule has 1 amide bonds. The summed E-state index contributed by atoms with van der Waals surface area (Å²) >= 11 is 0. The lowest BCUT2D eigenvalue weighted by molar-refractivity contribution is -0.115. The van der Waals surface area contributed by atoms with Gasteiger partial charge in [0.1, 0.15) is 12.0 Å². The Balaban J connectivity index is 2.21. The van der Waals surface area contributed by atoms with Gasteiger partial charge >= 0.3 is 5.69 Å². The van der Waals surface area contributed by atoms with Crippen LogP contribution in [0.3, 0.4) is 0 Å². The van der Waals surface area contributed by atoms with Gasteiger partial charge in [0.05, 0.1) is 12.3 Å². The van der Waals surface area contributed by atoms with Gasteiger partial charge in [0, 0.05) is 18.5 Å². The molecule has 1 aliphatic rings. The first-order chi connectivity index (χ1) is 10.5. The van der Waals surface area contributed by atoms with Gasteiger partial charge in [0.25, 0.3) is 0 Å². The molecule has 1 N–H and O–H groups in total. The van der Waals surface area contributed by atoms with E-state index in [-0.39, 0.29) is 38.1 Å². The van der Waals surface area contributed by atoms with Crippen LogP contribution in [-0.4, -0.2) is 27.7 Å². The number of hydrogen-bond donors (Lipinski definition) is 1. The molecule has 8 heteroatoms. The zero-order chi connectivity index (χ0) is 16.3. The molecule has 1 fully saturated rings. The normalized spacial score (nSPS) is 28.0. The van der Waals surface area contributed by atoms with E-state index in [2.05, 4.69) is 10.3 Å². The summed E-state index contributed by atoms with van der Waals surface area (Å²) in [6.45, 7) is 5.74. The average Bonchev–Trinajstić information content (AvgIpc) is 2.76. The highest BCUT2D eigenvalue weighted by Crippen LogP contribution is 2.39. The minimum absolute atomic E-state index is 0.0369. The number of hydrogen-bond acceptors (Lipinski definition) is 5. The van der Waals surface area contributed by atoms with Crippen LogP contribution in [0.25, 0.3) is 0 Å². The molecule has 0 aliphatic carbocycles. The largest absolute Gasteiger partial charge is 0.353 e. The molecule has 0 bridgehead atoms. The smallest absolute Gasteiger partial charge is 0.351 e. The van der Waals surface area contributed by atoms with E-state index < -0.39 is 11.9 Å². The maximum absolute atomic E-state index is 12.2. The summed E-state index contributed by atoms with van der Waals surface area (Å²) in [6, 6.07) is 1.58. The third kappa shape index (κ3) is 3.42. The first kappa shape index (κ1) is 16.8. The molecule has 4 atom stereocenters. The molecule has 2 heterocycles. The van der Waals surface area contributed by atoms with E-state index in [0.29, 0.717) is 12.6 Å². The highest BCUT2D eigenvalue weighted by molar-refractivity contribution is 7.23. The van der Waals surface area contributed by atoms with Crippen molar-refractivity contribution in [3.05, 3.63) is 22.7 Å². The fourth-order valence-corrected chi connectivity index (χ4v) is 3.10. The van der Waals surface area contributed by atoms with Crippen LogP contribution < -0.4 is 11.0 Å². The number of nitrogens with zero attached hydrogens (tertiary/aromatic N) is 2. The first-order valence-electron chi connectivity index (χ1n) is 7.31. The van der Waals surface area contributed by atoms with Crippen molar-refractivity contribution in [1.82, 2.24) is 9.55 Å². The highest BCUT2D eigenvalue weighted by Gasteiger charge is 2.40. The number of ether oxygens (including phenoxy) is 1. The maximum atomic E-state index is 12.2. The third-order valence-corrected chi connectivity index (χ3v) is 4.64. The Morgan fingerprint density at radius 2 is 2.18 bits per heavy atom. The van der Waals surface area contributed by atoms with Crippen LogP contribution in [0.15, 0.2) is 17.1 Å². The van der Waals surface area contributed by atoms with Gasteiger partial charge in [-0.15, -0.1) is 0 Å². The number of carbonyl (C=O) groups is 1. The van der Waals surface area contributed by atoms with Gasteiger partial charge in [0.2, 0.25) is 5.91 Å². The van der Waals surface area contributed by atoms with Crippen LogP contribution in [0.1, 0.15) is 33.4 Å². The molecule has 120 valence electrons. The van der Waals surface area contributed by atoms with Crippen molar-refractivity contribution in [3.63, 3.8) is 0 Å². The van der Waals surface area contributed by atoms with Crippen LogP contribution in [0.5, 0.6) is 0 Å². The van der Waals surface area contributed by atoms with Crippen LogP contribution >= 0.6 is 8.46 Å². The third-order valence-electron chi connectivity index (χ3n) is 4.13. The Hall–Kier alpha value is -1.59. The zero-order valence-electron chi connectivity index (χ0n) is 12.9. The number of rotatable bonds is 5. The second-order valence-corrected chi connectivity index (χ2v) is 6.12. The van der Waals surface area contributed by atoms with Crippen LogP contribution in [-0.2, 0) is 14.1 Å². The molecule has 7 nitrogen and oxygen atoms in total. The van der Waals surface area contributed by atoms with E-state index in [9.17, 15) is 14.2 Å². The van der Waals surface area contributed by atoms with E-state index in [4.69, 9.17) is 4.74 Å². The van der Waals surface area contributed by atoms with E-state index in [1.54, 1.807) is 19.2 Å². The first-order valence-corrected chi connectivity index (χ1v) is 8.31. The fourth-order valence-electron chi connectivity index (χ4n) is 2.53. The molecule has 0 saturated carbocycles. The minimum atomic E-state index is -0.474. The van der Waals surface area contributed by atoms with E-state index >= 15 is 0 Å². The standard InChI is InChI=1S/C14H20N3O4P/c1-4-12(18)15-11-5-6-17(14(19)16-11)13-9(3)8(2)10(21-13)7-22-20/h5-6,8-10,13H,4,7H2,1-3H3,(H,15,16,18,19)/t8-,9-,10+,13+/m0/s1. The fraction of sp³-hybridized carbons (Fsp3) is 0.643. The molecule has 0 radical (unpaired) electrons. The summed E-state index contributed by atoms with van der Waals surface area (Å²) in [5, 5.41) is 2.55. The number of carbonyl (C=O) groups excluding carboxylic acids is 1. The summed E-state index contributed by atoms with van der Waals surface area (Å²) in [7, 11) is 0.0369.